The number of fused-ring (bicyclic) bond motifs is 3. The molecule has 0 aliphatic carbocycles. The Labute approximate surface area is 160 Å². The SMILES string of the molecule is CCn1cnc2c(=O)oc3ccc(S(=O)(=O)Nc4ccc(OC)cc4)cc3c21. The molecule has 0 fully saturated rings. The normalized spacial score (nSPS) is 11.8. The van der Waals surface area contributed by atoms with Gasteiger partial charge in [-0.3, -0.25) is 4.72 Å². The number of anilines is 1. The fourth-order valence-corrected chi connectivity index (χ4v) is 4.11. The second-order valence-electron chi connectivity index (χ2n) is 6.11. The molecule has 0 aliphatic rings. The number of sulfonamides is 1. The third-order valence-electron chi connectivity index (χ3n) is 4.43. The second-order valence-corrected chi connectivity index (χ2v) is 7.79. The van der Waals surface area contributed by atoms with Gasteiger partial charge in [0.1, 0.15) is 11.3 Å². The van der Waals surface area contributed by atoms with Crippen LogP contribution in [0.4, 0.5) is 5.69 Å². The molecule has 28 heavy (non-hydrogen) atoms. The number of aromatic nitrogens is 2. The lowest BCUT2D eigenvalue weighted by Crippen LogP contribution is -2.13. The summed E-state index contributed by atoms with van der Waals surface area (Å²) in [5, 5.41) is 0.506. The number of nitrogens with one attached hydrogen (secondary N) is 1. The lowest BCUT2D eigenvalue weighted by molar-refractivity contribution is 0.415. The van der Waals surface area contributed by atoms with E-state index in [-0.39, 0.29) is 10.4 Å². The molecule has 2 aromatic carbocycles. The highest BCUT2D eigenvalue weighted by molar-refractivity contribution is 7.92. The summed E-state index contributed by atoms with van der Waals surface area (Å²) in [7, 11) is -2.31. The lowest BCUT2D eigenvalue weighted by atomic mass is 10.2. The number of hydrogen-bond donors (Lipinski definition) is 1. The molecule has 8 nitrogen and oxygen atoms in total. The maximum atomic E-state index is 12.8. The molecule has 4 aromatic rings. The Morgan fingerprint density at radius 1 is 1.18 bits per heavy atom. The minimum absolute atomic E-state index is 0.0508. The Hall–Kier alpha value is -3.33. The number of methoxy groups -OCH3 is 1. The molecule has 2 heterocycles. The Morgan fingerprint density at radius 2 is 1.93 bits per heavy atom. The maximum Gasteiger partial charge on any atom is 0.364 e. The van der Waals surface area contributed by atoms with Gasteiger partial charge in [-0.25, -0.2) is 18.2 Å². The highest BCUT2D eigenvalue weighted by Gasteiger charge is 2.19. The van der Waals surface area contributed by atoms with Crippen LogP contribution in [0.1, 0.15) is 6.92 Å². The highest BCUT2D eigenvalue weighted by Crippen LogP contribution is 2.26. The first-order valence-electron chi connectivity index (χ1n) is 8.51. The largest absolute Gasteiger partial charge is 0.497 e. The van der Waals surface area contributed by atoms with Gasteiger partial charge in [-0.2, -0.15) is 0 Å². The summed E-state index contributed by atoms with van der Waals surface area (Å²) in [5.74, 6) is 0.624. The van der Waals surface area contributed by atoms with Crippen molar-refractivity contribution in [2.75, 3.05) is 11.8 Å². The fraction of sp³-hybridized carbons (Fsp3) is 0.158. The van der Waals surface area contributed by atoms with Gasteiger partial charge in [0.05, 0.1) is 23.8 Å². The van der Waals surface area contributed by atoms with Gasteiger partial charge in [0, 0.05) is 17.6 Å². The summed E-state index contributed by atoms with van der Waals surface area (Å²) in [6.07, 6.45) is 1.54. The third kappa shape index (κ3) is 2.99. The number of hydrogen-bond acceptors (Lipinski definition) is 6. The van der Waals surface area contributed by atoms with Crippen LogP contribution in [0.25, 0.3) is 22.0 Å². The lowest BCUT2D eigenvalue weighted by Gasteiger charge is -2.10. The van der Waals surface area contributed by atoms with Crippen molar-refractivity contribution in [2.45, 2.75) is 18.4 Å². The Morgan fingerprint density at radius 3 is 2.61 bits per heavy atom. The average molecular weight is 399 g/mol. The molecule has 144 valence electrons. The van der Waals surface area contributed by atoms with E-state index in [1.807, 2.05) is 6.92 Å². The van der Waals surface area contributed by atoms with Crippen LogP contribution in [0.3, 0.4) is 0 Å². The smallest absolute Gasteiger partial charge is 0.364 e. The second kappa shape index (κ2) is 6.68. The third-order valence-corrected chi connectivity index (χ3v) is 5.81. The molecule has 0 atom stereocenters. The zero-order valence-electron chi connectivity index (χ0n) is 15.2. The summed E-state index contributed by atoms with van der Waals surface area (Å²) < 4.78 is 40.3. The Balaban J connectivity index is 1.83. The molecule has 0 saturated carbocycles. The first-order chi connectivity index (χ1) is 13.4. The molecule has 0 saturated heterocycles. The zero-order valence-corrected chi connectivity index (χ0v) is 16.0. The molecule has 9 heteroatoms. The number of imidazole rings is 1. The molecular formula is C19H17N3O5S. The number of benzene rings is 2. The van der Waals surface area contributed by atoms with Crippen LogP contribution >= 0.6 is 0 Å². The summed E-state index contributed by atoms with van der Waals surface area (Å²) in [6, 6.07) is 10.9. The highest BCUT2D eigenvalue weighted by atomic mass is 32.2. The van der Waals surface area contributed by atoms with E-state index in [9.17, 15) is 13.2 Å². The van der Waals surface area contributed by atoms with Gasteiger partial charge in [-0.15, -0.1) is 0 Å². The van der Waals surface area contributed by atoms with Crippen molar-refractivity contribution in [3.63, 3.8) is 0 Å². The first-order valence-corrected chi connectivity index (χ1v) is 10.00. The maximum absolute atomic E-state index is 12.8. The summed E-state index contributed by atoms with van der Waals surface area (Å²) >= 11 is 0. The van der Waals surface area contributed by atoms with Crippen LogP contribution < -0.4 is 15.1 Å². The summed E-state index contributed by atoms with van der Waals surface area (Å²) in [6.45, 7) is 2.49. The molecule has 1 N–H and O–H groups in total. The Bertz CT molecular complexity index is 1340. The molecule has 0 radical (unpaired) electrons. The number of aryl methyl sites for hydroxylation is 1. The topological polar surface area (TPSA) is 103 Å². The van der Waals surface area contributed by atoms with Gasteiger partial charge in [0.25, 0.3) is 10.0 Å². The molecule has 0 spiro atoms. The zero-order chi connectivity index (χ0) is 19.9. The standard InChI is InChI=1S/C19H17N3O5S/c1-3-22-11-20-17-18(22)15-10-14(8-9-16(15)27-19(17)23)28(24,25)21-12-4-6-13(26-2)7-5-12/h4-11,21H,3H2,1-2H3. The van der Waals surface area contributed by atoms with Gasteiger partial charge in [-0.05, 0) is 49.4 Å². The monoisotopic (exact) mass is 399 g/mol. The quantitative estimate of drug-likeness (QED) is 0.518. The van der Waals surface area contributed by atoms with Gasteiger partial charge >= 0.3 is 5.63 Å². The van der Waals surface area contributed by atoms with Crippen molar-refractivity contribution in [1.82, 2.24) is 9.55 Å². The van der Waals surface area contributed by atoms with Crippen LogP contribution in [0.15, 0.2) is 62.9 Å². The van der Waals surface area contributed by atoms with Crippen LogP contribution in [0.2, 0.25) is 0 Å². The van der Waals surface area contributed by atoms with E-state index >= 15 is 0 Å². The molecule has 0 unspecified atom stereocenters. The summed E-state index contributed by atoms with van der Waals surface area (Å²) in [4.78, 5) is 16.3. The van der Waals surface area contributed by atoms with E-state index in [1.165, 1.54) is 31.6 Å². The predicted octanol–water partition coefficient (Wildman–Crippen LogP) is 2.97. The van der Waals surface area contributed by atoms with E-state index in [0.717, 1.165) is 0 Å². The van der Waals surface area contributed by atoms with Crippen molar-refractivity contribution in [1.29, 1.82) is 0 Å². The van der Waals surface area contributed by atoms with Crippen molar-refractivity contribution < 1.29 is 17.6 Å². The number of ether oxygens (including phenoxy) is 1. The van der Waals surface area contributed by atoms with Gasteiger partial charge in [0.15, 0.2) is 5.52 Å². The molecular weight excluding hydrogens is 382 g/mol. The van der Waals surface area contributed by atoms with Gasteiger partial charge < -0.3 is 13.7 Å². The van der Waals surface area contributed by atoms with Gasteiger partial charge in [-0.1, -0.05) is 0 Å². The van der Waals surface area contributed by atoms with Crippen molar-refractivity contribution in [3.8, 4) is 5.75 Å². The molecule has 2 aromatic heterocycles. The molecule has 0 amide bonds. The fourth-order valence-electron chi connectivity index (χ4n) is 3.03. The molecule has 0 aliphatic heterocycles. The van der Waals surface area contributed by atoms with E-state index in [4.69, 9.17) is 9.15 Å². The minimum Gasteiger partial charge on any atom is -0.497 e. The van der Waals surface area contributed by atoms with E-state index in [2.05, 4.69) is 9.71 Å². The number of nitrogens with zero attached hydrogens (tertiary/aromatic N) is 2. The van der Waals surface area contributed by atoms with E-state index in [0.29, 0.717) is 34.5 Å². The van der Waals surface area contributed by atoms with E-state index < -0.39 is 15.6 Å². The van der Waals surface area contributed by atoms with Crippen molar-refractivity contribution in [2.24, 2.45) is 0 Å². The van der Waals surface area contributed by atoms with Gasteiger partial charge in [0.2, 0.25) is 0 Å². The van der Waals surface area contributed by atoms with Crippen LogP contribution in [0.5, 0.6) is 5.75 Å². The summed E-state index contributed by atoms with van der Waals surface area (Å²) in [5.41, 5.74) is 0.879. The Kier molecular flexibility index (Phi) is 4.31. The van der Waals surface area contributed by atoms with Crippen LogP contribution in [-0.2, 0) is 16.6 Å². The minimum atomic E-state index is -3.85. The van der Waals surface area contributed by atoms with Crippen LogP contribution in [-0.4, -0.2) is 25.1 Å². The first kappa shape index (κ1) is 18.1. The van der Waals surface area contributed by atoms with Crippen LogP contribution in [0, 0.1) is 0 Å². The van der Waals surface area contributed by atoms with E-state index in [1.54, 1.807) is 28.8 Å². The molecule has 4 rings (SSSR count). The molecule has 0 bridgehead atoms. The number of rotatable bonds is 5. The average Bonchev–Trinajstić information content (AvgIpc) is 3.13. The van der Waals surface area contributed by atoms with Crippen molar-refractivity contribution >= 4 is 37.7 Å². The van der Waals surface area contributed by atoms with Crippen molar-refractivity contribution in [3.05, 3.63) is 59.2 Å². The predicted molar refractivity (Wildman–Crippen MR) is 105 cm³/mol.